The average Bonchev–Trinajstić information content (AvgIpc) is 3.09. The number of aromatic nitrogens is 4. The molecule has 0 aliphatic heterocycles. The molecule has 0 radical (unpaired) electrons. The quantitative estimate of drug-likeness (QED) is 0.762. The Morgan fingerprint density at radius 1 is 1.16 bits per heavy atom. The molecule has 3 rings (SSSR count). The molecule has 2 aromatic heterocycles. The van der Waals surface area contributed by atoms with Gasteiger partial charge in [0.05, 0.1) is 18.4 Å². The predicted octanol–water partition coefficient (Wildman–Crippen LogP) is 1.44. The number of rotatable bonds is 4. The lowest BCUT2D eigenvalue weighted by atomic mass is 10.2. The Morgan fingerprint density at radius 3 is 2.74 bits per heavy atom. The van der Waals surface area contributed by atoms with Crippen molar-refractivity contribution in [3.05, 3.63) is 54.0 Å². The minimum absolute atomic E-state index is 0.383. The Labute approximate surface area is 109 Å². The molecule has 19 heavy (non-hydrogen) atoms. The molecule has 0 aliphatic carbocycles. The van der Waals surface area contributed by atoms with Crippen LogP contribution in [0.25, 0.3) is 11.3 Å². The number of nitrogens with two attached hydrogens (primary N) is 1. The molecular formula is C13H13N5O. The van der Waals surface area contributed by atoms with Crippen LogP contribution in [-0.2, 0) is 13.1 Å². The first-order chi connectivity index (χ1) is 9.35. The van der Waals surface area contributed by atoms with Crippen LogP contribution in [0.15, 0.2) is 47.1 Å². The summed E-state index contributed by atoms with van der Waals surface area (Å²) in [7, 11) is 0. The van der Waals surface area contributed by atoms with E-state index >= 15 is 0 Å². The number of hydrogen-bond donors (Lipinski definition) is 1. The molecule has 3 aromatic rings. The van der Waals surface area contributed by atoms with Gasteiger partial charge in [0.15, 0.2) is 5.76 Å². The number of hydrogen-bond acceptors (Lipinski definition) is 5. The second-order valence-corrected chi connectivity index (χ2v) is 4.16. The first kappa shape index (κ1) is 11.6. The third kappa shape index (κ3) is 2.53. The van der Waals surface area contributed by atoms with Crippen LogP contribution in [0.3, 0.4) is 0 Å². The highest BCUT2D eigenvalue weighted by molar-refractivity contribution is 5.56. The minimum atomic E-state index is 0.383. The lowest BCUT2D eigenvalue weighted by Gasteiger charge is -1.93. The zero-order valence-corrected chi connectivity index (χ0v) is 10.2. The second kappa shape index (κ2) is 5.03. The fourth-order valence-corrected chi connectivity index (χ4v) is 1.80. The van der Waals surface area contributed by atoms with Crippen LogP contribution in [0.5, 0.6) is 0 Å². The molecule has 0 spiro atoms. The first-order valence-electron chi connectivity index (χ1n) is 5.95. The summed E-state index contributed by atoms with van der Waals surface area (Å²) in [6.07, 6.45) is 1.80. The largest absolute Gasteiger partial charge is 0.356 e. The van der Waals surface area contributed by atoms with E-state index < -0.39 is 0 Å². The van der Waals surface area contributed by atoms with Crippen molar-refractivity contribution in [2.75, 3.05) is 0 Å². The zero-order valence-electron chi connectivity index (χ0n) is 10.2. The molecule has 0 amide bonds. The van der Waals surface area contributed by atoms with Gasteiger partial charge in [0, 0.05) is 18.2 Å². The lowest BCUT2D eigenvalue weighted by molar-refractivity contribution is 0.419. The van der Waals surface area contributed by atoms with Crippen molar-refractivity contribution in [3.63, 3.8) is 0 Å². The van der Waals surface area contributed by atoms with Crippen LogP contribution in [0.4, 0.5) is 0 Å². The molecule has 2 heterocycles. The Bertz CT molecular complexity index is 658. The highest BCUT2D eigenvalue weighted by atomic mass is 16.5. The predicted molar refractivity (Wildman–Crippen MR) is 69.0 cm³/mol. The summed E-state index contributed by atoms with van der Waals surface area (Å²) in [6.45, 7) is 0.900. The van der Waals surface area contributed by atoms with Crippen LogP contribution in [0.2, 0.25) is 0 Å². The maximum absolute atomic E-state index is 5.49. The fourth-order valence-electron chi connectivity index (χ4n) is 1.80. The van der Waals surface area contributed by atoms with Crippen LogP contribution < -0.4 is 5.73 Å². The summed E-state index contributed by atoms with van der Waals surface area (Å²) in [5.41, 5.74) is 8.04. The lowest BCUT2D eigenvalue weighted by Crippen LogP contribution is -2.00. The minimum Gasteiger partial charge on any atom is -0.356 e. The van der Waals surface area contributed by atoms with Crippen LogP contribution >= 0.6 is 0 Å². The third-order valence-corrected chi connectivity index (χ3v) is 2.74. The van der Waals surface area contributed by atoms with Crippen molar-refractivity contribution in [2.24, 2.45) is 5.73 Å². The summed E-state index contributed by atoms with van der Waals surface area (Å²) < 4.78 is 7.01. The highest BCUT2D eigenvalue weighted by Gasteiger charge is 2.07. The van der Waals surface area contributed by atoms with Gasteiger partial charge < -0.3 is 10.3 Å². The van der Waals surface area contributed by atoms with Gasteiger partial charge in [-0.3, -0.25) is 0 Å². The van der Waals surface area contributed by atoms with E-state index in [1.54, 1.807) is 10.9 Å². The monoisotopic (exact) mass is 255 g/mol. The van der Waals surface area contributed by atoms with Gasteiger partial charge in [0.2, 0.25) is 0 Å². The fraction of sp³-hybridized carbons (Fsp3) is 0.154. The van der Waals surface area contributed by atoms with Crippen molar-refractivity contribution in [1.82, 2.24) is 20.2 Å². The summed E-state index contributed by atoms with van der Waals surface area (Å²) in [6, 6.07) is 11.7. The van der Waals surface area contributed by atoms with E-state index in [-0.39, 0.29) is 0 Å². The Morgan fingerprint density at radius 2 is 2.00 bits per heavy atom. The summed E-state index contributed by atoms with van der Waals surface area (Å²) in [5, 5.41) is 11.9. The van der Waals surface area contributed by atoms with Gasteiger partial charge in [-0.2, -0.15) is 0 Å². The molecule has 0 saturated carbocycles. The SMILES string of the molecule is NCc1cn(Cc2cc(-c3ccccc3)on2)nn1. The van der Waals surface area contributed by atoms with Gasteiger partial charge in [-0.1, -0.05) is 40.7 Å². The van der Waals surface area contributed by atoms with Crippen LogP contribution in [0, 0.1) is 0 Å². The average molecular weight is 255 g/mol. The molecule has 0 bridgehead atoms. The summed E-state index contributed by atoms with van der Waals surface area (Å²) >= 11 is 0. The molecule has 0 atom stereocenters. The molecule has 0 aliphatic rings. The number of benzene rings is 1. The van der Waals surface area contributed by atoms with Gasteiger partial charge >= 0.3 is 0 Å². The Balaban J connectivity index is 1.78. The molecular weight excluding hydrogens is 242 g/mol. The molecule has 2 N–H and O–H groups in total. The second-order valence-electron chi connectivity index (χ2n) is 4.16. The Kier molecular flexibility index (Phi) is 3.07. The molecule has 0 saturated heterocycles. The van der Waals surface area contributed by atoms with E-state index in [0.29, 0.717) is 13.1 Å². The van der Waals surface area contributed by atoms with Gasteiger partial charge in [-0.05, 0) is 0 Å². The van der Waals surface area contributed by atoms with E-state index in [0.717, 1.165) is 22.7 Å². The Hall–Kier alpha value is -2.47. The standard InChI is InChI=1S/C13H13N5O/c14-7-12-9-18(17-15-12)8-11-6-13(19-16-11)10-4-2-1-3-5-10/h1-6,9H,7-8,14H2. The van der Waals surface area contributed by atoms with Crippen molar-refractivity contribution in [3.8, 4) is 11.3 Å². The summed E-state index contributed by atoms with van der Waals surface area (Å²) in [4.78, 5) is 0. The maximum Gasteiger partial charge on any atom is 0.167 e. The maximum atomic E-state index is 5.49. The topological polar surface area (TPSA) is 82.8 Å². The van der Waals surface area contributed by atoms with E-state index in [9.17, 15) is 0 Å². The van der Waals surface area contributed by atoms with Crippen molar-refractivity contribution < 1.29 is 4.52 Å². The third-order valence-electron chi connectivity index (χ3n) is 2.74. The van der Waals surface area contributed by atoms with Gasteiger partial charge in [0.25, 0.3) is 0 Å². The zero-order chi connectivity index (χ0) is 13.1. The van der Waals surface area contributed by atoms with Gasteiger partial charge in [0.1, 0.15) is 5.69 Å². The van der Waals surface area contributed by atoms with Gasteiger partial charge in [-0.25, -0.2) is 4.68 Å². The normalized spacial score (nSPS) is 10.8. The highest BCUT2D eigenvalue weighted by Crippen LogP contribution is 2.19. The molecule has 6 heteroatoms. The van der Waals surface area contributed by atoms with E-state index in [4.69, 9.17) is 10.3 Å². The van der Waals surface area contributed by atoms with Gasteiger partial charge in [-0.15, -0.1) is 5.10 Å². The van der Waals surface area contributed by atoms with Crippen molar-refractivity contribution >= 4 is 0 Å². The first-order valence-corrected chi connectivity index (χ1v) is 5.95. The van der Waals surface area contributed by atoms with Crippen LogP contribution in [-0.4, -0.2) is 20.2 Å². The van der Waals surface area contributed by atoms with Crippen molar-refractivity contribution in [1.29, 1.82) is 0 Å². The van der Waals surface area contributed by atoms with Crippen LogP contribution in [0.1, 0.15) is 11.4 Å². The molecule has 1 aromatic carbocycles. The summed E-state index contributed by atoms with van der Waals surface area (Å²) in [5.74, 6) is 0.745. The molecule has 6 nitrogen and oxygen atoms in total. The molecule has 96 valence electrons. The van der Waals surface area contributed by atoms with Crippen molar-refractivity contribution in [2.45, 2.75) is 13.1 Å². The van der Waals surface area contributed by atoms with E-state index in [1.807, 2.05) is 36.4 Å². The van der Waals surface area contributed by atoms with E-state index in [2.05, 4.69) is 15.5 Å². The van der Waals surface area contributed by atoms with E-state index in [1.165, 1.54) is 0 Å². The smallest absolute Gasteiger partial charge is 0.167 e. The molecule has 0 fully saturated rings. The molecule has 0 unspecified atom stereocenters. The number of nitrogens with zero attached hydrogens (tertiary/aromatic N) is 4.